The van der Waals surface area contributed by atoms with Crippen LogP contribution in [0.5, 0.6) is 0 Å². The number of anilines is 1. The first kappa shape index (κ1) is 19.2. The first-order chi connectivity index (χ1) is 11.8. The summed E-state index contributed by atoms with van der Waals surface area (Å²) in [6.45, 7) is 1.98. The van der Waals surface area contributed by atoms with Gasteiger partial charge < -0.3 is 19.9 Å². The Morgan fingerprint density at radius 2 is 1.84 bits per heavy atom. The van der Waals surface area contributed by atoms with Gasteiger partial charge in [0, 0.05) is 13.1 Å². The monoisotopic (exact) mass is 360 g/mol. The molecule has 1 aromatic carbocycles. The maximum absolute atomic E-state index is 12.9. The largest absolute Gasteiger partial charge is 0.418 e. The maximum Gasteiger partial charge on any atom is 0.418 e. The van der Waals surface area contributed by atoms with Crippen molar-refractivity contribution < 1.29 is 32.4 Å². The van der Waals surface area contributed by atoms with E-state index in [1.807, 2.05) is 0 Å². The van der Waals surface area contributed by atoms with Gasteiger partial charge in [-0.2, -0.15) is 13.2 Å². The first-order valence-corrected chi connectivity index (χ1v) is 7.90. The highest BCUT2D eigenvalue weighted by Crippen LogP contribution is 2.34. The minimum atomic E-state index is -4.55. The molecule has 25 heavy (non-hydrogen) atoms. The molecule has 1 fully saturated rings. The fourth-order valence-electron chi connectivity index (χ4n) is 2.55. The van der Waals surface area contributed by atoms with Crippen LogP contribution < -0.4 is 10.2 Å². The smallest absolute Gasteiger partial charge is 0.378 e. The fourth-order valence-corrected chi connectivity index (χ4v) is 2.55. The molecule has 1 aliphatic heterocycles. The standard InChI is InChI=1S/C16H20F3N3O3/c1-21(11-15(24)22-6-8-25-9-7-22)10-14(23)20-13-5-3-2-4-12(13)16(17,18)19/h2-5H,6-11H2,1H3,(H,20,23)/p+1. The van der Waals surface area contributed by atoms with Crippen LogP contribution in [0.2, 0.25) is 0 Å². The lowest BCUT2D eigenvalue weighted by atomic mass is 10.1. The normalized spacial score (nSPS) is 16.4. The zero-order valence-electron chi connectivity index (χ0n) is 13.9. The highest BCUT2D eigenvalue weighted by Gasteiger charge is 2.33. The van der Waals surface area contributed by atoms with Gasteiger partial charge in [0.25, 0.3) is 11.8 Å². The molecule has 0 saturated carbocycles. The third kappa shape index (κ3) is 5.71. The Hall–Kier alpha value is -2.13. The van der Waals surface area contributed by atoms with Crippen molar-refractivity contribution in [1.82, 2.24) is 4.90 Å². The molecule has 1 saturated heterocycles. The Labute approximate surface area is 143 Å². The minimum absolute atomic E-state index is 0.0916. The van der Waals surface area contributed by atoms with E-state index >= 15 is 0 Å². The number of carbonyl (C=O) groups excluding carboxylic acids is 2. The summed E-state index contributed by atoms with van der Waals surface area (Å²) < 4.78 is 43.9. The first-order valence-electron chi connectivity index (χ1n) is 7.90. The number of nitrogens with one attached hydrogen (secondary N) is 2. The summed E-state index contributed by atoms with van der Waals surface area (Å²) in [5.41, 5.74) is -1.18. The lowest BCUT2D eigenvalue weighted by molar-refractivity contribution is -0.862. The number of alkyl halides is 3. The number of nitrogens with zero attached hydrogens (tertiary/aromatic N) is 1. The lowest BCUT2D eigenvalue weighted by Gasteiger charge is -2.27. The van der Waals surface area contributed by atoms with E-state index in [0.717, 1.165) is 6.07 Å². The number of carbonyl (C=O) groups is 2. The molecule has 6 nitrogen and oxygen atoms in total. The number of likely N-dealkylation sites (N-methyl/N-ethyl adjacent to an activating group) is 1. The van der Waals surface area contributed by atoms with Gasteiger partial charge in [0.05, 0.1) is 31.5 Å². The molecule has 2 rings (SSSR count). The van der Waals surface area contributed by atoms with Gasteiger partial charge in [-0.15, -0.1) is 0 Å². The number of morpholine rings is 1. The summed E-state index contributed by atoms with van der Waals surface area (Å²) in [6, 6.07) is 4.79. The number of para-hydroxylation sites is 1. The van der Waals surface area contributed by atoms with Crippen LogP contribution in [0.15, 0.2) is 24.3 Å². The molecule has 0 bridgehead atoms. The van der Waals surface area contributed by atoms with Crippen LogP contribution in [0.25, 0.3) is 0 Å². The van der Waals surface area contributed by atoms with Crippen molar-refractivity contribution in [1.29, 1.82) is 0 Å². The number of hydrogen-bond acceptors (Lipinski definition) is 3. The van der Waals surface area contributed by atoms with Gasteiger partial charge in [0.2, 0.25) is 0 Å². The molecule has 1 unspecified atom stereocenters. The van der Waals surface area contributed by atoms with Crippen molar-refractivity contribution >= 4 is 17.5 Å². The summed E-state index contributed by atoms with van der Waals surface area (Å²) >= 11 is 0. The third-order valence-corrected chi connectivity index (χ3v) is 3.79. The molecule has 0 spiro atoms. The van der Waals surface area contributed by atoms with Crippen LogP contribution in [0.3, 0.4) is 0 Å². The van der Waals surface area contributed by atoms with E-state index in [1.54, 1.807) is 11.9 Å². The van der Waals surface area contributed by atoms with E-state index in [9.17, 15) is 22.8 Å². The van der Waals surface area contributed by atoms with Crippen molar-refractivity contribution in [2.24, 2.45) is 0 Å². The van der Waals surface area contributed by atoms with Gasteiger partial charge in [0.15, 0.2) is 13.1 Å². The molecule has 0 aliphatic carbocycles. The topological polar surface area (TPSA) is 63.1 Å². The summed E-state index contributed by atoms with van der Waals surface area (Å²) in [5.74, 6) is -0.687. The summed E-state index contributed by atoms with van der Waals surface area (Å²) in [5, 5.41) is 2.28. The van der Waals surface area contributed by atoms with Gasteiger partial charge in [-0.05, 0) is 12.1 Å². The molecular formula is C16H21F3N3O3+. The Bertz CT molecular complexity index is 616. The van der Waals surface area contributed by atoms with Crippen LogP contribution in [0.4, 0.5) is 18.9 Å². The molecule has 1 heterocycles. The van der Waals surface area contributed by atoms with Crippen LogP contribution in [0, 0.1) is 0 Å². The second-order valence-corrected chi connectivity index (χ2v) is 5.90. The lowest BCUT2D eigenvalue weighted by Crippen LogP contribution is -3.11. The van der Waals surface area contributed by atoms with Crippen LogP contribution >= 0.6 is 0 Å². The van der Waals surface area contributed by atoms with Crippen LogP contribution in [-0.4, -0.2) is 63.2 Å². The van der Waals surface area contributed by atoms with Gasteiger partial charge in [0.1, 0.15) is 0 Å². The predicted molar refractivity (Wildman–Crippen MR) is 84.1 cm³/mol. The number of halogens is 3. The Morgan fingerprint density at radius 1 is 1.20 bits per heavy atom. The van der Waals surface area contributed by atoms with Gasteiger partial charge in [-0.3, -0.25) is 9.59 Å². The molecule has 1 aromatic rings. The molecule has 9 heteroatoms. The SMILES string of the molecule is C[NH+](CC(=O)Nc1ccccc1C(F)(F)F)CC(=O)N1CCOCC1. The molecule has 1 aliphatic rings. The molecule has 0 aromatic heterocycles. The Balaban J connectivity index is 1.88. The quantitative estimate of drug-likeness (QED) is 0.778. The van der Waals surface area contributed by atoms with Gasteiger partial charge in [-0.1, -0.05) is 12.1 Å². The average molecular weight is 360 g/mol. The van der Waals surface area contributed by atoms with Crippen molar-refractivity contribution in [3.63, 3.8) is 0 Å². The van der Waals surface area contributed by atoms with Crippen LogP contribution in [-0.2, 0) is 20.5 Å². The Kier molecular flexibility index (Phi) is 6.38. The number of quaternary nitrogens is 1. The molecule has 2 N–H and O–H groups in total. The number of hydrogen-bond donors (Lipinski definition) is 2. The zero-order chi connectivity index (χ0) is 18.4. The summed E-state index contributed by atoms with van der Waals surface area (Å²) in [6.07, 6.45) is -4.55. The molecule has 0 radical (unpaired) electrons. The van der Waals surface area contributed by atoms with Crippen molar-refractivity contribution in [3.8, 4) is 0 Å². The predicted octanol–water partition coefficient (Wildman–Crippen LogP) is 0.0174. The van der Waals surface area contributed by atoms with E-state index in [2.05, 4.69) is 5.32 Å². The highest BCUT2D eigenvalue weighted by atomic mass is 19.4. The minimum Gasteiger partial charge on any atom is -0.378 e. The third-order valence-electron chi connectivity index (χ3n) is 3.79. The summed E-state index contributed by atoms with van der Waals surface area (Å²) in [7, 11) is 1.65. The molecule has 2 amide bonds. The van der Waals surface area contributed by atoms with E-state index in [0.29, 0.717) is 31.2 Å². The van der Waals surface area contributed by atoms with Crippen molar-refractivity contribution in [2.45, 2.75) is 6.18 Å². The molecule has 138 valence electrons. The zero-order valence-corrected chi connectivity index (χ0v) is 13.9. The van der Waals surface area contributed by atoms with Crippen LogP contribution in [0.1, 0.15) is 5.56 Å². The highest BCUT2D eigenvalue weighted by molar-refractivity contribution is 5.92. The average Bonchev–Trinajstić information content (AvgIpc) is 2.54. The van der Waals surface area contributed by atoms with E-state index < -0.39 is 17.6 Å². The fraction of sp³-hybridized carbons (Fsp3) is 0.500. The van der Waals surface area contributed by atoms with Crippen molar-refractivity contribution in [2.75, 3.05) is 51.8 Å². The number of rotatable bonds is 5. The number of benzene rings is 1. The maximum atomic E-state index is 12.9. The van der Waals surface area contributed by atoms with Crippen molar-refractivity contribution in [3.05, 3.63) is 29.8 Å². The Morgan fingerprint density at radius 3 is 2.48 bits per heavy atom. The molecular weight excluding hydrogens is 339 g/mol. The van der Waals surface area contributed by atoms with Gasteiger partial charge >= 0.3 is 6.18 Å². The number of amides is 2. The van der Waals surface area contributed by atoms with Gasteiger partial charge in [-0.25, -0.2) is 0 Å². The van der Waals surface area contributed by atoms with E-state index in [-0.39, 0.29) is 24.7 Å². The second kappa shape index (κ2) is 8.30. The van der Waals surface area contributed by atoms with E-state index in [4.69, 9.17) is 4.74 Å². The molecule has 1 atom stereocenters. The second-order valence-electron chi connectivity index (χ2n) is 5.90. The number of ether oxygens (including phenoxy) is 1. The van der Waals surface area contributed by atoms with E-state index in [1.165, 1.54) is 18.2 Å². The summed E-state index contributed by atoms with van der Waals surface area (Å²) in [4.78, 5) is 26.4.